The van der Waals surface area contributed by atoms with Gasteiger partial charge in [-0.15, -0.1) is 0 Å². The highest BCUT2D eigenvalue weighted by Crippen LogP contribution is 2.26. The Morgan fingerprint density at radius 2 is 1.67 bits per heavy atom. The Labute approximate surface area is 176 Å². The van der Waals surface area contributed by atoms with Crippen LogP contribution < -0.4 is 10.0 Å². The average molecular weight is 428 g/mol. The molecule has 7 nitrogen and oxygen atoms in total. The van der Waals surface area contributed by atoms with Crippen molar-refractivity contribution in [2.75, 3.05) is 10.0 Å². The van der Waals surface area contributed by atoms with Crippen molar-refractivity contribution in [3.63, 3.8) is 0 Å². The molecule has 0 aliphatic carbocycles. The maximum absolute atomic E-state index is 12.7. The zero-order chi connectivity index (χ0) is 21.9. The summed E-state index contributed by atoms with van der Waals surface area (Å²) in [4.78, 5) is 12.8. The van der Waals surface area contributed by atoms with Crippen LogP contribution in [0.25, 0.3) is 0 Å². The van der Waals surface area contributed by atoms with E-state index in [0.29, 0.717) is 23.4 Å². The molecule has 0 unspecified atom stereocenters. The first kappa shape index (κ1) is 21.6. The Hall–Kier alpha value is -3.13. The van der Waals surface area contributed by atoms with E-state index in [9.17, 15) is 13.2 Å². The minimum atomic E-state index is -3.83. The fourth-order valence-electron chi connectivity index (χ4n) is 2.90. The minimum Gasteiger partial charge on any atom is -0.337 e. The Kier molecular flexibility index (Phi) is 5.98. The molecule has 0 saturated heterocycles. The summed E-state index contributed by atoms with van der Waals surface area (Å²) in [6.07, 6.45) is 0.589. The topological polar surface area (TPSA) is 101 Å². The third kappa shape index (κ3) is 4.88. The number of carbonyl (C=O) groups is 1. The number of aryl methyl sites for hydroxylation is 1. The molecule has 0 spiro atoms. The van der Waals surface area contributed by atoms with Gasteiger partial charge in [-0.1, -0.05) is 49.3 Å². The lowest BCUT2D eigenvalue weighted by atomic mass is 9.85. The number of rotatable bonds is 7. The largest absolute Gasteiger partial charge is 0.337 e. The number of nitrogens with one attached hydrogen (secondary N) is 2. The highest BCUT2D eigenvalue weighted by atomic mass is 32.2. The van der Waals surface area contributed by atoms with E-state index < -0.39 is 15.4 Å². The molecule has 1 amide bonds. The summed E-state index contributed by atoms with van der Waals surface area (Å²) in [7, 11) is -3.83. The predicted molar refractivity (Wildman–Crippen MR) is 116 cm³/mol. The van der Waals surface area contributed by atoms with E-state index >= 15 is 0 Å². The minimum absolute atomic E-state index is 0.0532. The molecule has 158 valence electrons. The Bertz CT molecular complexity index is 1130. The second kappa shape index (κ2) is 8.31. The van der Waals surface area contributed by atoms with Crippen LogP contribution in [0.3, 0.4) is 0 Å². The molecule has 2 N–H and O–H groups in total. The van der Waals surface area contributed by atoms with Gasteiger partial charge < -0.3 is 9.84 Å². The van der Waals surface area contributed by atoms with E-state index in [4.69, 9.17) is 4.52 Å². The van der Waals surface area contributed by atoms with Crippen molar-refractivity contribution in [3.05, 3.63) is 71.4 Å². The van der Waals surface area contributed by atoms with Gasteiger partial charge in [0.1, 0.15) is 0 Å². The highest BCUT2D eigenvalue weighted by Gasteiger charge is 2.28. The molecule has 0 radical (unpaired) electrons. The molecule has 0 aliphatic heterocycles. The van der Waals surface area contributed by atoms with E-state index in [2.05, 4.69) is 15.2 Å². The first-order valence-electron chi connectivity index (χ1n) is 9.50. The molecule has 3 aromatic rings. The SMILES string of the molecule is Cc1noc(NS(=O)(=O)c2ccc(NC(=O)C(C)(C)Cc3ccccc3)cc2)c1C. The van der Waals surface area contributed by atoms with Gasteiger partial charge in [-0.2, -0.15) is 0 Å². The Morgan fingerprint density at radius 3 is 2.23 bits per heavy atom. The van der Waals surface area contributed by atoms with Crippen LogP contribution in [0.4, 0.5) is 11.6 Å². The van der Waals surface area contributed by atoms with Gasteiger partial charge in [0.25, 0.3) is 10.0 Å². The number of anilines is 2. The van der Waals surface area contributed by atoms with Gasteiger partial charge in [0, 0.05) is 16.7 Å². The maximum Gasteiger partial charge on any atom is 0.264 e. The van der Waals surface area contributed by atoms with Crippen LogP contribution in [0.15, 0.2) is 64.0 Å². The van der Waals surface area contributed by atoms with E-state index in [-0.39, 0.29) is 16.7 Å². The highest BCUT2D eigenvalue weighted by molar-refractivity contribution is 7.92. The fraction of sp³-hybridized carbons (Fsp3) is 0.273. The van der Waals surface area contributed by atoms with Gasteiger partial charge in [-0.05, 0) is 50.1 Å². The summed E-state index contributed by atoms with van der Waals surface area (Å²) < 4.78 is 32.6. The lowest BCUT2D eigenvalue weighted by Crippen LogP contribution is -2.32. The van der Waals surface area contributed by atoms with Crippen LogP contribution in [0.1, 0.15) is 30.7 Å². The quantitative estimate of drug-likeness (QED) is 0.585. The van der Waals surface area contributed by atoms with Gasteiger partial charge in [0.2, 0.25) is 11.8 Å². The first-order valence-corrected chi connectivity index (χ1v) is 11.0. The average Bonchev–Trinajstić information content (AvgIpc) is 3.00. The van der Waals surface area contributed by atoms with E-state index in [0.717, 1.165) is 5.56 Å². The molecule has 1 aromatic heterocycles. The van der Waals surface area contributed by atoms with Crippen molar-refractivity contribution < 1.29 is 17.7 Å². The van der Waals surface area contributed by atoms with Crippen molar-refractivity contribution >= 4 is 27.5 Å². The number of nitrogens with zero attached hydrogens (tertiary/aromatic N) is 1. The number of sulfonamides is 1. The number of hydrogen-bond donors (Lipinski definition) is 2. The van der Waals surface area contributed by atoms with E-state index in [1.807, 2.05) is 44.2 Å². The molecule has 0 fully saturated rings. The van der Waals surface area contributed by atoms with Gasteiger partial charge in [0.05, 0.1) is 10.6 Å². The lowest BCUT2D eigenvalue weighted by molar-refractivity contribution is -0.123. The van der Waals surface area contributed by atoms with Crippen LogP contribution in [-0.2, 0) is 21.2 Å². The first-order chi connectivity index (χ1) is 14.1. The van der Waals surface area contributed by atoms with Gasteiger partial charge >= 0.3 is 0 Å². The maximum atomic E-state index is 12.7. The molecule has 0 saturated carbocycles. The van der Waals surface area contributed by atoms with Crippen LogP contribution >= 0.6 is 0 Å². The molecular weight excluding hydrogens is 402 g/mol. The second-order valence-corrected chi connectivity index (χ2v) is 9.53. The molecular formula is C22H25N3O4S. The zero-order valence-electron chi connectivity index (χ0n) is 17.4. The van der Waals surface area contributed by atoms with Crippen LogP contribution in [0.5, 0.6) is 0 Å². The van der Waals surface area contributed by atoms with E-state index in [1.54, 1.807) is 26.0 Å². The number of carbonyl (C=O) groups excluding carboxylic acids is 1. The molecule has 0 aliphatic rings. The van der Waals surface area contributed by atoms with Crippen LogP contribution in [0, 0.1) is 19.3 Å². The van der Waals surface area contributed by atoms with Crippen molar-refractivity contribution in [1.29, 1.82) is 0 Å². The zero-order valence-corrected chi connectivity index (χ0v) is 18.2. The molecule has 0 atom stereocenters. The predicted octanol–water partition coefficient (Wildman–Crippen LogP) is 4.30. The van der Waals surface area contributed by atoms with Crippen LogP contribution in [-0.4, -0.2) is 19.5 Å². The summed E-state index contributed by atoms with van der Waals surface area (Å²) in [6.45, 7) is 7.20. The fourth-order valence-corrected chi connectivity index (χ4v) is 3.94. The van der Waals surface area contributed by atoms with Crippen molar-refractivity contribution in [2.45, 2.75) is 39.0 Å². The summed E-state index contributed by atoms with van der Waals surface area (Å²) in [6, 6.07) is 15.8. The molecule has 3 rings (SSSR count). The smallest absolute Gasteiger partial charge is 0.264 e. The normalized spacial score (nSPS) is 11.9. The summed E-state index contributed by atoms with van der Waals surface area (Å²) in [5, 5.41) is 6.60. The number of hydrogen-bond acceptors (Lipinski definition) is 5. The number of aromatic nitrogens is 1. The second-order valence-electron chi connectivity index (χ2n) is 7.85. The molecule has 30 heavy (non-hydrogen) atoms. The Balaban J connectivity index is 1.69. The molecule has 2 aromatic carbocycles. The third-order valence-corrected chi connectivity index (χ3v) is 6.26. The van der Waals surface area contributed by atoms with Crippen molar-refractivity contribution in [1.82, 2.24) is 5.16 Å². The number of amides is 1. The molecule has 8 heteroatoms. The van der Waals surface area contributed by atoms with Gasteiger partial charge in [-0.25, -0.2) is 13.1 Å². The van der Waals surface area contributed by atoms with Crippen molar-refractivity contribution in [2.24, 2.45) is 5.41 Å². The molecule has 1 heterocycles. The third-order valence-electron chi connectivity index (χ3n) is 4.91. The summed E-state index contributed by atoms with van der Waals surface area (Å²) in [5.41, 5.74) is 2.21. The lowest BCUT2D eigenvalue weighted by Gasteiger charge is -2.23. The van der Waals surface area contributed by atoms with Gasteiger partial charge in [0.15, 0.2) is 0 Å². The van der Waals surface area contributed by atoms with Crippen LogP contribution in [0.2, 0.25) is 0 Å². The summed E-state index contributed by atoms with van der Waals surface area (Å²) in [5.74, 6) is -0.0552. The molecule has 0 bridgehead atoms. The van der Waals surface area contributed by atoms with E-state index in [1.165, 1.54) is 12.1 Å². The van der Waals surface area contributed by atoms with Gasteiger partial charge in [-0.3, -0.25) is 4.79 Å². The van der Waals surface area contributed by atoms with Crippen molar-refractivity contribution in [3.8, 4) is 0 Å². The summed E-state index contributed by atoms with van der Waals surface area (Å²) >= 11 is 0. The standard InChI is InChI=1S/C22H25N3O4S/c1-15-16(2)24-29-20(15)25-30(27,28)19-12-10-18(11-13-19)23-21(26)22(3,4)14-17-8-6-5-7-9-17/h5-13,25H,14H2,1-4H3,(H,23,26). The number of benzene rings is 2. The Morgan fingerprint density at radius 1 is 1.03 bits per heavy atom. The monoisotopic (exact) mass is 427 g/mol.